The molecule has 0 unspecified atom stereocenters. The van der Waals surface area contributed by atoms with E-state index in [2.05, 4.69) is 5.32 Å². The second kappa shape index (κ2) is 9.58. The SMILES string of the molecule is CN(C)C(=O)c1ccc(NC(=O)/C(C#N)=C/c2cccc(NC(=O)C(F)(F)F)c2)cc1. The number of halogens is 3. The Labute approximate surface area is 175 Å². The van der Waals surface area contributed by atoms with E-state index in [0.717, 1.165) is 0 Å². The summed E-state index contributed by atoms with van der Waals surface area (Å²) in [5.41, 5.74) is 0.533. The Morgan fingerprint density at radius 3 is 2.19 bits per heavy atom. The van der Waals surface area contributed by atoms with Crippen molar-refractivity contribution >= 4 is 35.2 Å². The fraction of sp³-hybridized carbons (Fsp3) is 0.143. The van der Waals surface area contributed by atoms with Crippen LogP contribution >= 0.6 is 0 Å². The summed E-state index contributed by atoms with van der Waals surface area (Å²) in [6, 6.07) is 13.0. The molecular weight excluding hydrogens is 413 g/mol. The predicted octanol–water partition coefficient (Wildman–Crippen LogP) is 3.43. The van der Waals surface area contributed by atoms with E-state index >= 15 is 0 Å². The second-order valence-electron chi connectivity index (χ2n) is 6.48. The maximum absolute atomic E-state index is 12.4. The summed E-state index contributed by atoms with van der Waals surface area (Å²) in [6.45, 7) is 0. The molecule has 2 N–H and O–H groups in total. The van der Waals surface area contributed by atoms with E-state index in [1.54, 1.807) is 25.5 Å². The summed E-state index contributed by atoms with van der Waals surface area (Å²) in [4.78, 5) is 36.7. The van der Waals surface area contributed by atoms with E-state index in [-0.39, 0.29) is 22.7 Å². The molecule has 0 spiro atoms. The Hall–Kier alpha value is -4.13. The highest BCUT2D eigenvalue weighted by Crippen LogP contribution is 2.20. The fourth-order valence-corrected chi connectivity index (χ4v) is 2.38. The van der Waals surface area contributed by atoms with E-state index in [9.17, 15) is 32.8 Å². The van der Waals surface area contributed by atoms with Gasteiger partial charge in [0.25, 0.3) is 11.8 Å². The summed E-state index contributed by atoms with van der Waals surface area (Å²) >= 11 is 0. The maximum atomic E-state index is 12.4. The summed E-state index contributed by atoms with van der Waals surface area (Å²) in [7, 11) is 3.21. The Balaban J connectivity index is 2.16. The Morgan fingerprint density at radius 1 is 1.00 bits per heavy atom. The second-order valence-corrected chi connectivity index (χ2v) is 6.48. The zero-order valence-corrected chi connectivity index (χ0v) is 16.4. The van der Waals surface area contributed by atoms with Gasteiger partial charge < -0.3 is 15.5 Å². The summed E-state index contributed by atoms with van der Waals surface area (Å²) in [5, 5.41) is 13.5. The molecule has 3 amide bonds. The molecule has 2 rings (SSSR count). The maximum Gasteiger partial charge on any atom is 0.471 e. The number of hydrogen-bond acceptors (Lipinski definition) is 4. The highest BCUT2D eigenvalue weighted by Gasteiger charge is 2.38. The van der Waals surface area contributed by atoms with Crippen molar-refractivity contribution in [2.45, 2.75) is 6.18 Å². The van der Waals surface area contributed by atoms with Crippen LogP contribution in [0.5, 0.6) is 0 Å². The fourth-order valence-electron chi connectivity index (χ4n) is 2.38. The third kappa shape index (κ3) is 6.43. The van der Waals surface area contributed by atoms with Gasteiger partial charge in [0.05, 0.1) is 0 Å². The van der Waals surface area contributed by atoms with Crippen LogP contribution < -0.4 is 10.6 Å². The number of amides is 3. The van der Waals surface area contributed by atoms with Crippen molar-refractivity contribution in [2.24, 2.45) is 0 Å². The molecule has 0 aliphatic rings. The molecule has 0 aliphatic carbocycles. The van der Waals surface area contributed by atoms with Gasteiger partial charge in [-0.1, -0.05) is 12.1 Å². The average Bonchev–Trinajstić information content (AvgIpc) is 2.71. The number of carbonyl (C=O) groups is 3. The van der Waals surface area contributed by atoms with Crippen molar-refractivity contribution in [3.8, 4) is 6.07 Å². The molecule has 160 valence electrons. The molecule has 0 bridgehead atoms. The van der Waals surface area contributed by atoms with Crippen molar-refractivity contribution in [1.82, 2.24) is 4.90 Å². The minimum atomic E-state index is -5.05. The minimum absolute atomic E-state index is 0.144. The molecule has 7 nitrogen and oxygen atoms in total. The lowest BCUT2D eigenvalue weighted by atomic mass is 10.1. The lowest BCUT2D eigenvalue weighted by molar-refractivity contribution is -0.167. The number of benzene rings is 2. The van der Waals surface area contributed by atoms with Gasteiger partial charge in [0.15, 0.2) is 0 Å². The number of hydrogen-bond donors (Lipinski definition) is 2. The van der Waals surface area contributed by atoms with Gasteiger partial charge in [0, 0.05) is 31.0 Å². The zero-order valence-electron chi connectivity index (χ0n) is 16.4. The van der Waals surface area contributed by atoms with Gasteiger partial charge in [-0.3, -0.25) is 14.4 Å². The van der Waals surface area contributed by atoms with E-state index < -0.39 is 18.0 Å². The quantitative estimate of drug-likeness (QED) is 0.560. The van der Waals surface area contributed by atoms with Crippen LogP contribution in [-0.2, 0) is 9.59 Å². The molecule has 0 atom stereocenters. The first-order valence-electron chi connectivity index (χ1n) is 8.74. The van der Waals surface area contributed by atoms with Crippen molar-refractivity contribution in [3.05, 3.63) is 65.2 Å². The van der Waals surface area contributed by atoms with E-state index in [1.165, 1.54) is 59.5 Å². The van der Waals surface area contributed by atoms with Crippen LogP contribution in [-0.4, -0.2) is 42.9 Å². The summed E-state index contributed by atoms with van der Waals surface area (Å²) < 4.78 is 37.1. The highest BCUT2D eigenvalue weighted by atomic mass is 19.4. The summed E-state index contributed by atoms with van der Waals surface area (Å²) in [6.07, 6.45) is -3.88. The molecule has 2 aromatic rings. The first-order chi connectivity index (χ1) is 14.5. The summed E-state index contributed by atoms with van der Waals surface area (Å²) in [5.74, 6) is -3.10. The molecule has 0 aliphatic heterocycles. The van der Waals surface area contributed by atoms with Gasteiger partial charge in [0.1, 0.15) is 11.6 Å². The molecule has 10 heteroatoms. The topological polar surface area (TPSA) is 102 Å². The highest BCUT2D eigenvalue weighted by molar-refractivity contribution is 6.10. The van der Waals surface area contributed by atoms with Crippen molar-refractivity contribution in [1.29, 1.82) is 5.26 Å². The molecule has 31 heavy (non-hydrogen) atoms. The Kier molecular flexibility index (Phi) is 7.15. The normalized spacial score (nSPS) is 11.3. The number of rotatable bonds is 5. The minimum Gasteiger partial charge on any atom is -0.345 e. The van der Waals surface area contributed by atoms with Crippen LogP contribution in [0, 0.1) is 11.3 Å². The molecule has 0 heterocycles. The number of nitriles is 1. The molecule has 0 saturated carbocycles. The van der Waals surface area contributed by atoms with Crippen LogP contribution in [0.1, 0.15) is 15.9 Å². The molecule has 2 aromatic carbocycles. The van der Waals surface area contributed by atoms with Crippen LogP contribution in [0.2, 0.25) is 0 Å². The molecular formula is C21H17F3N4O3. The Bertz CT molecular complexity index is 1070. The van der Waals surface area contributed by atoms with Gasteiger partial charge in [-0.25, -0.2) is 0 Å². The van der Waals surface area contributed by atoms with Crippen LogP contribution in [0.25, 0.3) is 6.08 Å². The average molecular weight is 430 g/mol. The van der Waals surface area contributed by atoms with E-state index in [4.69, 9.17) is 0 Å². The lowest BCUT2D eigenvalue weighted by Gasteiger charge is -2.11. The van der Waals surface area contributed by atoms with Crippen LogP contribution in [0.3, 0.4) is 0 Å². The zero-order chi connectivity index (χ0) is 23.2. The third-order valence-electron chi connectivity index (χ3n) is 3.87. The number of alkyl halides is 3. The molecule has 0 fully saturated rings. The molecule has 0 saturated heterocycles. The molecule has 0 aromatic heterocycles. The van der Waals surface area contributed by atoms with E-state index in [1.807, 2.05) is 0 Å². The number of nitrogens with one attached hydrogen (secondary N) is 2. The first kappa shape index (κ1) is 23.2. The lowest BCUT2D eigenvalue weighted by Crippen LogP contribution is -2.29. The Morgan fingerprint density at radius 2 is 1.65 bits per heavy atom. The smallest absolute Gasteiger partial charge is 0.345 e. The standard InChI is InChI=1S/C21H17F3N4O3/c1-28(2)19(30)14-6-8-16(9-7-14)26-18(29)15(12-25)10-13-4-3-5-17(11-13)27-20(31)21(22,23)24/h3-11H,1-2H3,(H,26,29)(H,27,31)/b15-10+. The van der Waals surface area contributed by atoms with Gasteiger partial charge in [-0.05, 0) is 48.0 Å². The van der Waals surface area contributed by atoms with Crippen LogP contribution in [0.4, 0.5) is 24.5 Å². The third-order valence-corrected chi connectivity index (χ3v) is 3.87. The van der Waals surface area contributed by atoms with E-state index in [0.29, 0.717) is 11.3 Å². The van der Waals surface area contributed by atoms with Gasteiger partial charge in [-0.15, -0.1) is 0 Å². The van der Waals surface area contributed by atoms with Gasteiger partial charge in [0.2, 0.25) is 0 Å². The van der Waals surface area contributed by atoms with Gasteiger partial charge >= 0.3 is 12.1 Å². The van der Waals surface area contributed by atoms with Crippen LogP contribution in [0.15, 0.2) is 54.1 Å². The van der Waals surface area contributed by atoms with Gasteiger partial charge in [-0.2, -0.15) is 18.4 Å². The number of anilines is 2. The first-order valence-corrected chi connectivity index (χ1v) is 8.74. The van der Waals surface area contributed by atoms with Crippen molar-refractivity contribution in [3.63, 3.8) is 0 Å². The largest absolute Gasteiger partial charge is 0.471 e. The van der Waals surface area contributed by atoms with Crippen molar-refractivity contribution < 1.29 is 27.6 Å². The molecule has 0 radical (unpaired) electrons. The predicted molar refractivity (Wildman–Crippen MR) is 108 cm³/mol. The van der Waals surface area contributed by atoms with Crippen molar-refractivity contribution in [2.75, 3.05) is 24.7 Å². The number of carbonyl (C=O) groups excluding carboxylic acids is 3. The monoisotopic (exact) mass is 430 g/mol. The number of nitrogens with zero attached hydrogens (tertiary/aromatic N) is 2.